The predicted molar refractivity (Wildman–Crippen MR) is 66.6 cm³/mol. The van der Waals surface area contributed by atoms with Gasteiger partial charge in [-0.05, 0) is 24.1 Å². The van der Waals surface area contributed by atoms with Crippen LogP contribution in [-0.4, -0.2) is 24.7 Å². The lowest BCUT2D eigenvalue weighted by molar-refractivity contribution is -0.139. The van der Waals surface area contributed by atoms with Gasteiger partial charge < -0.3 is 4.74 Å². The van der Waals surface area contributed by atoms with E-state index in [1.807, 2.05) is 19.1 Å². The van der Waals surface area contributed by atoms with Crippen LogP contribution < -0.4 is 0 Å². The van der Waals surface area contributed by atoms with Crippen LogP contribution in [0.3, 0.4) is 0 Å². The normalized spacial score (nSPS) is 10.1. The summed E-state index contributed by atoms with van der Waals surface area (Å²) < 4.78 is 4.59. The molecule has 0 heterocycles. The molecule has 0 aromatic heterocycles. The fraction of sp³-hybridized carbons (Fsp3) is 0.385. The van der Waals surface area contributed by atoms with Crippen molar-refractivity contribution in [2.75, 3.05) is 13.0 Å². The van der Waals surface area contributed by atoms with E-state index in [4.69, 9.17) is 11.6 Å². The third-order valence-corrected chi connectivity index (χ3v) is 2.69. The fourth-order valence-corrected chi connectivity index (χ4v) is 1.71. The largest absolute Gasteiger partial charge is 0.469 e. The summed E-state index contributed by atoms with van der Waals surface area (Å²) in [6.07, 6.45) is 0.488. The van der Waals surface area contributed by atoms with Crippen LogP contribution in [0, 0.1) is 6.92 Å². The maximum Gasteiger partial charge on any atom is 0.309 e. The topological polar surface area (TPSA) is 43.4 Å². The maximum atomic E-state index is 11.8. The van der Waals surface area contributed by atoms with Crippen LogP contribution in [0.5, 0.6) is 0 Å². The number of carbonyl (C=O) groups is 2. The van der Waals surface area contributed by atoms with Crippen molar-refractivity contribution < 1.29 is 14.3 Å². The third kappa shape index (κ3) is 3.86. The van der Waals surface area contributed by atoms with Gasteiger partial charge in [-0.25, -0.2) is 0 Å². The molecule has 0 spiro atoms. The van der Waals surface area contributed by atoms with Crippen molar-refractivity contribution >= 4 is 23.4 Å². The Balaban J connectivity index is 2.94. The number of methoxy groups -OCH3 is 1. The maximum absolute atomic E-state index is 11.8. The minimum atomic E-state index is -0.315. The Kier molecular flexibility index (Phi) is 5.16. The Labute approximate surface area is 106 Å². The molecule has 0 fully saturated rings. The summed E-state index contributed by atoms with van der Waals surface area (Å²) >= 11 is 5.55. The Hall–Kier alpha value is -1.35. The van der Waals surface area contributed by atoms with Crippen LogP contribution >= 0.6 is 11.6 Å². The summed E-state index contributed by atoms with van der Waals surface area (Å²) in [5, 5.41) is 0. The molecule has 1 rings (SSSR count). The van der Waals surface area contributed by atoms with Crippen molar-refractivity contribution in [1.29, 1.82) is 0 Å². The third-order valence-electron chi connectivity index (χ3n) is 2.50. The number of aryl methyl sites for hydroxylation is 1. The van der Waals surface area contributed by atoms with Crippen molar-refractivity contribution in [2.24, 2.45) is 0 Å². The first kappa shape index (κ1) is 13.7. The van der Waals surface area contributed by atoms with Gasteiger partial charge in [-0.15, -0.1) is 11.6 Å². The van der Waals surface area contributed by atoms with Crippen LogP contribution in [-0.2, 0) is 16.0 Å². The summed E-state index contributed by atoms with van der Waals surface area (Å²) in [7, 11) is 1.34. The molecule has 0 atom stereocenters. The SMILES string of the molecule is COC(=O)Cc1ccc(C)c(C(=O)CCCl)c1. The molecular weight excluding hydrogens is 240 g/mol. The van der Waals surface area contributed by atoms with Crippen molar-refractivity contribution in [3.05, 3.63) is 34.9 Å². The van der Waals surface area contributed by atoms with Gasteiger partial charge in [0, 0.05) is 17.9 Å². The molecule has 0 radical (unpaired) electrons. The second-order valence-electron chi connectivity index (χ2n) is 3.76. The summed E-state index contributed by atoms with van der Waals surface area (Å²) in [5.74, 6) is -0.00622. The monoisotopic (exact) mass is 254 g/mol. The van der Waals surface area contributed by atoms with Crippen LogP contribution in [0.25, 0.3) is 0 Å². The molecule has 0 unspecified atom stereocenters. The Morgan fingerprint density at radius 3 is 2.65 bits per heavy atom. The second kappa shape index (κ2) is 6.40. The molecule has 4 heteroatoms. The first-order valence-electron chi connectivity index (χ1n) is 5.34. The molecule has 3 nitrogen and oxygen atoms in total. The zero-order valence-corrected chi connectivity index (χ0v) is 10.7. The quantitative estimate of drug-likeness (QED) is 0.461. The average molecular weight is 255 g/mol. The summed E-state index contributed by atoms with van der Waals surface area (Å²) in [6.45, 7) is 1.86. The van der Waals surface area contributed by atoms with Crippen LogP contribution in [0.2, 0.25) is 0 Å². The zero-order valence-electron chi connectivity index (χ0n) is 9.96. The van der Waals surface area contributed by atoms with E-state index in [2.05, 4.69) is 4.74 Å². The Bertz CT molecular complexity index is 427. The number of ether oxygens (including phenoxy) is 1. The number of alkyl halides is 1. The van der Waals surface area contributed by atoms with Gasteiger partial charge in [0.15, 0.2) is 5.78 Å². The highest BCUT2D eigenvalue weighted by Gasteiger charge is 2.11. The van der Waals surface area contributed by atoms with E-state index in [0.29, 0.717) is 17.9 Å². The standard InChI is InChI=1S/C13H15ClO3/c1-9-3-4-10(8-13(16)17-2)7-11(9)12(15)5-6-14/h3-4,7H,5-6,8H2,1-2H3. The molecule has 92 valence electrons. The van der Waals surface area contributed by atoms with Gasteiger partial charge in [0.2, 0.25) is 0 Å². The minimum Gasteiger partial charge on any atom is -0.469 e. The molecule has 0 aliphatic rings. The van der Waals surface area contributed by atoms with Gasteiger partial charge in [-0.2, -0.15) is 0 Å². The van der Waals surface area contributed by atoms with E-state index in [9.17, 15) is 9.59 Å². The van der Waals surface area contributed by atoms with E-state index in [-0.39, 0.29) is 18.2 Å². The highest BCUT2D eigenvalue weighted by atomic mass is 35.5. The van der Waals surface area contributed by atoms with Gasteiger partial charge in [0.05, 0.1) is 13.5 Å². The highest BCUT2D eigenvalue weighted by molar-refractivity contribution is 6.19. The number of rotatable bonds is 5. The summed E-state index contributed by atoms with van der Waals surface area (Å²) in [5.41, 5.74) is 2.31. The van der Waals surface area contributed by atoms with Crippen LogP contribution in [0.4, 0.5) is 0 Å². The lowest BCUT2D eigenvalue weighted by atomic mass is 9.99. The summed E-state index contributed by atoms with van der Waals surface area (Å²) in [4.78, 5) is 22.9. The molecule has 0 aliphatic heterocycles. The molecule has 1 aromatic carbocycles. The van der Waals surface area contributed by atoms with Gasteiger partial charge in [0.1, 0.15) is 0 Å². The molecule has 0 saturated heterocycles. The lowest BCUT2D eigenvalue weighted by Gasteiger charge is -2.07. The highest BCUT2D eigenvalue weighted by Crippen LogP contribution is 2.14. The van der Waals surface area contributed by atoms with Crippen molar-refractivity contribution in [1.82, 2.24) is 0 Å². The van der Waals surface area contributed by atoms with E-state index < -0.39 is 0 Å². The summed E-state index contributed by atoms with van der Waals surface area (Å²) in [6, 6.07) is 5.39. The zero-order chi connectivity index (χ0) is 12.8. The van der Waals surface area contributed by atoms with Crippen molar-refractivity contribution in [3.63, 3.8) is 0 Å². The Morgan fingerprint density at radius 2 is 2.06 bits per heavy atom. The number of benzene rings is 1. The van der Waals surface area contributed by atoms with Crippen LogP contribution in [0.15, 0.2) is 18.2 Å². The van der Waals surface area contributed by atoms with E-state index in [1.54, 1.807) is 6.07 Å². The number of halogens is 1. The molecule has 0 bridgehead atoms. The van der Waals surface area contributed by atoms with E-state index in [1.165, 1.54) is 7.11 Å². The number of ketones is 1. The first-order valence-corrected chi connectivity index (χ1v) is 5.87. The number of carbonyl (C=O) groups excluding carboxylic acids is 2. The van der Waals surface area contributed by atoms with Crippen molar-refractivity contribution in [3.8, 4) is 0 Å². The lowest BCUT2D eigenvalue weighted by Crippen LogP contribution is -2.07. The fourth-order valence-electron chi connectivity index (χ4n) is 1.54. The molecule has 0 N–H and O–H groups in total. The van der Waals surface area contributed by atoms with Crippen LogP contribution in [0.1, 0.15) is 27.9 Å². The molecule has 0 amide bonds. The molecule has 0 saturated carbocycles. The van der Waals surface area contributed by atoms with Gasteiger partial charge in [-0.1, -0.05) is 12.1 Å². The predicted octanol–water partition coefficient (Wildman–Crippen LogP) is 2.52. The molecule has 17 heavy (non-hydrogen) atoms. The smallest absolute Gasteiger partial charge is 0.309 e. The van der Waals surface area contributed by atoms with E-state index >= 15 is 0 Å². The molecule has 0 aliphatic carbocycles. The first-order chi connectivity index (χ1) is 8.08. The number of Topliss-reactive ketones (excluding diaryl/α,β-unsaturated/α-hetero) is 1. The van der Waals surface area contributed by atoms with E-state index in [0.717, 1.165) is 11.1 Å². The van der Waals surface area contributed by atoms with Gasteiger partial charge >= 0.3 is 5.97 Å². The van der Waals surface area contributed by atoms with Crippen molar-refractivity contribution in [2.45, 2.75) is 19.8 Å². The minimum absolute atomic E-state index is 0.00390. The van der Waals surface area contributed by atoms with Gasteiger partial charge in [0.25, 0.3) is 0 Å². The Morgan fingerprint density at radius 1 is 1.35 bits per heavy atom. The number of esters is 1. The molecule has 1 aromatic rings. The molecular formula is C13H15ClO3. The van der Waals surface area contributed by atoms with Gasteiger partial charge in [-0.3, -0.25) is 9.59 Å². The number of hydrogen-bond donors (Lipinski definition) is 0. The average Bonchev–Trinajstić information content (AvgIpc) is 2.31. The number of hydrogen-bond acceptors (Lipinski definition) is 3. The second-order valence-corrected chi connectivity index (χ2v) is 4.14.